The molecule has 0 aliphatic heterocycles. The number of aromatic nitrogens is 2. The number of nitrogens with zero attached hydrogens (tertiary/aromatic N) is 1. The molecule has 0 atom stereocenters. The van der Waals surface area contributed by atoms with E-state index in [9.17, 15) is 4.79 Å². The third-order valence-corrected chi connectivity index (χ3v) is 3.16. The van der Waals surface area contributed by atoms with E-state index in [0.717, 1.165) is 29.0 Å². The number of aromatic amines is 1. The van der Waals surface area contributed by atoms with Gasteiger partial charge in [-0.25, -0.2) is 4.98 Å². The predicted octanol–water partition coefficient (Wildman–Crippen LogP) is 3.38. The van der Waals surface area contributed by atoms with Gasteiger partial charge in [0, 0.05) is 17.7 Å². The third-order valence-electron chi connectivity index (χ3n) is 3.16. The highest BCUT2D eigenvalue weighted by atomic mass is 16.1. The van der Waals surface area contributed by atoms with Crippen LogP contribution in [0.5, 0.6) is 0 Å². The van der Waals surface area contributed by atoms with Crippen molar-refractivity contribution >= 4 is 22.6 Å². The van der Waals surface area contributed by atoms with E-state index in [4.69, 9.17) is 0 Å². The number of aryl methyl sites for hydroxylation is 1. The second kappa shape index (κ2) is 5.17. The van der Waals surface area contributed by atoms with Crippen molar-refractivity contribution < 1.29 is 4.79 Å². The van der Waals surface area contributed by atoms with Gasteiger partial charge >= 0.3 is 0 Å². The van der Waals surface area contributed by atoms with Crippen LogP contribution in [-0.2, 0) is 6.42 Å². The van der Waals surface area contributed by atoms with Gasteiger partial charge in [-0.15, -0.1) is 0 Å². The Hall–Kier alpha value is -2.62. The van der Waals surface area contributed by atoms with Crippen LogP contribution in [0.4, 0.5) is 5.69 Å². The summed E-state index contributed by atoms with van der Waals surface area (Å²) in [5.41, 5.74) is 3.18. The van der Waals surface area contributed by atoms with Gasteiger partial charge in [0.1, 0.15) is 5.82 Å². The summed E-state index contributed by atoms with van der Waals surface area (Å²) in [7, 11) is 0. The van der Waals surface area contributed by atoms with Gasteiger partial charge in [-0.1, -0.05) is 25.1 Å². The van der Waals surface area contributed by atoms with Gasteiger partial charge in [0.05, 0.1) is 11.0 Å². The minimum Gasteiger partial charge on any atom is -0.342 e. The van der Waals surface area contributed by atoms with E-state index in [2.05, 4.69) is 15.3 Å². The number of benzene rings is 2. The topological polar surface area (TPSA) is 57.8 Å². The molecule has 1 amide bonds. The fourth-order valence-electron chi connectivity index (χ4n) is 2.10. The lowest BCUT2D eigenvalue weighted by molar-refractivity contribution is 0.102. The van der Waals surface area contributed by atoms with Crippen molar-refractivity contribution in [2.24, 2.45) is 0 Å². The number of fused-ring (bicyclic) bond motifs is 1. The highest BCUT2D eigenvalue weighted by Crippen LogP contribution is 2.15. The van der Waals surface area contributed by atoms with E-state index in [1.807, 2.05) is 49.4 Å². The molecule has 0 saturated carbocycles. The summed E-state index contributed by atoms with van der Waals surface area (Å²) in [5.74, 6) is 0.811. The van der Waals surface area contributed by atoms with Gasteiger partial charge in [-0.2, -0.15) is 0 Å². The summed E-state index contributed by atoms with van der Waals surface area (Å²) in [6, 6.07) is 14.9. The molecule has 4 heteroatoms. The number of para-hydroxylation sites is 1. The van der Waals surface area contributed by atoms with Gasteiger partial charge in [0.2, 0.25) is 0 Å². The summed E-state index contributed by atoms with van der Waals surface area (Å²) in [5, 5.41) is 2.87. The Morgan fingerprint density at radius 1 is 1.20 bits per heavy atom. The van der Waals surface area contributed by atoms with Crippen LogP contribution >= 0.6 is 0 Å². The average Bonchev–Trinajstić information content (AvgIpc) is 2.90. The zero-order chi connectivity index (χ0) is 13.9. The number of hydrogen-bond donors (Lipinski definition) is 2. The monoisotopic (exact) mass is 265 g/mol. The van der Waals surface area contributed by atoms with E-state index < -0.39 is 0 Å². The summed E-state index contributed by atoms with van der Waals surface area (Å²) >= 11 is 0. The molecule has 3 aromatic rings. The van der Waals surface area contributed by atoms with E-state index >= 15 is 0 Å². The second-order valence-corrected chi connectivity index (χ2v) is 4.59. The van der Waals surface area contributed by atoms with Gasteiger partial charge in [-0.05, 0) is 30.3 Å². The van der Waals surface area contributed by atoms with Crippen LogP contribution in [0, 0.1) is 0 Å². The molecule has 0 fully saturated rings. The molecule has 0 spiro atoms. The van der Waals surface area contributed by atoms with E-state index in [0.29, 0.717) is 5.56 Å². The second-order valence-electron chi connectivity index (χ2n) is 4.59. The van der Waals surface area contributed by atoms with Gasteiger partial charge in [0.25, 0.3) is 5.91 Å². The van der Waals surface area contributed by atoms with Gasteiger partial charge in [0.15, 0.2) is 0 Å². The molecule has 1 heterocycles. The van der Waals surface area contributed by atoms with Gasteiger partial charge in [-0.3, -0.25) is 4.79 Å². The lowest BCUT2D eigenvalue weighted by atomic mass is 10.2. The van der Waals surface area contributed by atoms with Crippen LogP contribution in [0.1, 0.15) is 23.1 Å². The molecule has 0 aliphatic rings. The summed E-state index contributed by atoms with van der Waals surface area (Å²) in [4.78, 5) is 19.8. The number of rotatable bonds is 3. The number of amides is 1. The SMILES string of the molecule is CCc1nc2ccc(C(=O)Nc3ccccc3)cc2[nH]1. The van der Waals surface area contributed by atoms with Crippen LogP contribution in [0.15, 0.2) is 48.5 Å². The molecule has 0 radical (unpaired) electrons. The maximum absolute atomic E-state index is 12.2. The first kappa shape index (κ1) is 12.4. The van der Waals surface area contributed by atoms with Crippen molar-refractivity contribution in [1.29, 1.82) is 0 Å². The molecule has 2 aromatic carbocycles. The minimum atomic E-state index is -0.120. The Bertz CT molecular complexity index is 747. The Morgan fingerprint density at radius 2 is 2.00 bits per heavy atom. The number of carbonyl (C=O) groups excluding carboxylic acids is 1. The quantitative estimate of drug-likeness (QED) is 0.762. The van der Waals surface area contributed by atoms with E-state index in [-0.39, 0.29) is 5.91 Å². The van der Waals surface area contributed by atoms with Crippen molar-refractivity contribution in [3.63, 3.8) is 0 Å². The van der Waals surface area contributed by atoms with Crippen molar-refractivity contribution in [3.05, 3.63) is 59.9 Å². The van der Waals surface area contributed by atoms with Crippen LogP contribution in [-0.4, -0.2) is 15.9 Å². The average molecular weight is 265 g/mol. The standard InChI is InChI=1S/C16H15N3O/c1-2-15-18-13-9-8-11(10-14(13)19-15)16(20)17-12-6-4-3-5-7-12/h3-10H,2H2,1H3,(H,17,20)(H,18,19). The number of H-pyrrole nitrogens is 1. The first-order chi connectivity index (χ1) is 9.76. The molecule has 0 aliphatic carbocycles. The van der Waals surface area contributed by atoms with E-state index in [1.165, 1.54) is 0 Å². The normalized spacial score (nSPS) is 10.7. The van der Waals surface area contributed by atoms with E-state index in [1.54, 1.807) is 6.07 Å². The fraction of sp³-hybridized carbons (Fsp3) is 0.125. The van der Waals surface area contributed by atoms with Crippen LogP contribution < -0.4 is 5.32 Å². The molecule has 0 saturated heterocycles. The Morgan fingerprint density at radius 3 is 2.75 bits per heavy atom. The van der Waals surface area contributed by atoms with Crippen molar-refractivity contribution in [2.45, 2.75) is 13.3 Å². The maximum Gasteiger partial charge on any atom is 0.255 e. The largest absolute Gasteiger partial charge is 0.342 e. The highest BCUT2D eigenvalue weighted by molar-refractivity contribution is 6.05. The number of hydrogen-bond acceptors (Lipinski definition) is 2. The molecule has 100 valence electrons. The van der Waals surface area contributed by atoms with Gasteiger partial charge < -0.3 is 10.3 Å². The first-order valence-electron chi connectivity index (χ1n) is 6.61. The zero-order valence-electron chi connectivity index (χ0n) is 11.2. The molecular weight excluding hydrogens is 250 g/mol. The smallest absolute Gasteiger partial charge is 0.255 e. The summed E-state index contributed by atoms with van der Waals surface area (Å²) < 4.78 is 0. The Balaban J connectivity index is 1.87. The molecule has 4 nitrogen and oxygen atoms in total. The molecular formula is C16H15N3O. The zero-order valence-corrected chi connectivity index (χ0v) is 11.2. The van der Waals surface area contributed by atoms with Crippen LogP contribution in [0.3, 0.4) is 0 Å². The lowest BCUT2D eigenvalue weighted by Crippen LogP contribution is -2.11. The minimum absolute atomic E-state index is 0.120. The van der Waals surface area contributed by atoms with Crippen LogP contribution in [0.25, 0.3) is 11.0 Å². The molecule has 0 unspecified atom stereocenters. The maximum atomic E-state index is 12.2. The molecule has 3 rings (SSSR count). The lowest BCUT2D eigenvalue weighted by Gasteiger charge is -2.04. The predicted molar refractivity (Wildman–Crippen MR) is 79.9 cm³/mol. The summed E-state index contributed by atoms with van der Waals surface area (Å²) in [6.45, 7) is 2.04. The fourth-order valence-corrected chi connectivity index (χ4v) is 2.10. The molecule has 0 bridgehead atoms. The van der Waals surface area contributed by atoms with Crippen molar-refractivity contribution in [3.8, 4) is 0 Å². The van der Waals surface area contributed by atoms with Crippen LogP contribution in [0.2, 0.25) is 0 Å². The van der Waals surface area contributed by atoms with Crippen molar-refractivity contribution in [2.75, 3.05) is 5.32 Å². The van der Waals surface area contributed by atoms with Crippen molar-refractivity contribution in [1.82, 2.24) is 9.97 Å². The Kier molecular flexibility index (Phi) is 3.21. The molecule has 20 heavy (non-hydrogen) atoms. The molecule has 1 aromatic heterocycles. The summed E-state index contributed by atoms with van der Waals surface area (Å²) in [6.07, 6.45) is 0.847. The Labute approximate surface area is 116 Å². The number of anilines is 1. The molecule has 2 N–H and O–H groups in total. The first-order valence-corrected chi connectivity index (χ1v) is 6.61. The number of carbonyl (C=O) groups is 1. The number of imidazole rings is 1. The highest BCUT2D eigenvalue weighted by Gasteiger charge is 2.08. The number of nitrogens with one attached hydrogen (secondary N) is 2. The third kappa shape index (κ3) is 2.40.